The third-order valence-electron chi connectivity index (χ3n) is 5.78. The quantitative estimate of drug-likeness (QED) is 0.466. The van der Waals surface area contributed by atoms with Gasteiger partial charge in [-0.05, 0) is 29.0 Å². The van der Waals surface area contributed by atoms with Gasteiger partial charge in [0, 0.05) is 57.5 Å². The molecule has 0 N–H and O–H groups in total. The Morgan fingerprint density at radius 2 is 1.50 bits per heavy atom. The van der Waals surface area contributed by atoms with Gasteiger partial charge in [0.1, 0.15) is 5.69 Å². The molecule has 1 fully saturated rings. The number of nitro benzene ring substituents is 1. The summed E-state index contributed by atoms with van der Waals surface area (Å²) in [7, 11) is 3.44. The molecule has 8 nitrogen and oxygen atoms in total. The van der Waals surface area contributed by atoms with Crippen molar-refractivity contribution in [2.75, 3.05) is 45.2 Å². The summed E-state index contributed by atoms with van der Waals surface area (Å²) in [6.45, 7) is 1.56. The molecule has 0 spiro atoms. The molecular formula is C24H24N4O4. The van der Waals surface area contributed by atoms with Crippen LogP contribution < -0.4 is 4.90 Å². The van der Waals surface area contributed by atoms with E-state index in [2.05, 4.69) is 0 Å². The number of amides is 2. The number of rotatable bonds is 4. The summed E-state index contributed by atoms with van der Waals surface area (Å²) in [5.41, 5.74) is 1.26. The molecule has 8 heteroatoms. The minimum Gasteiger partial charge on any atom is -0.372 e. The van der Waals surface area contributed by atoms with Crippen molar-refractivity contribution in [3.8, 4) is 0 Å². The summed E-state index contributed by atoms with van der Waals surface area (Å²) in [4.78, 5) is 42.1. The third-order valence-corrected chi connectivity index (χ3v) is 5.78. The summed E-state index contributed by atoms with van der Waals surface area (Å²) >= 11 is 0. The Hall–Kier alpha value is -3.94. The van der Waals surface area contributed by atoms with Crippen LogP contribution in [0.1, 0.15) is 20.7 Å². The molecule has 0 bridgehead atoms. The molecule has 1 aliphatic rings. The molecule has 164 valence electrons. The molecule has 0 atom stereocenters. The fourth-order valence-electron chi connectivity index (χ4n) is 4.06. The smallest absolute Gasteiger partial charge is 0.293 e. The number of hydrogen-bond donors (Lipinski definition) is 0. The minimum absolute atomic E-state index is 0.0557. The first-order valence-corrected chi connectivity index (χ1v) is 10.4. The van der Waals surface area contributed by atoms with Crippen LogP contribution in [0.25, 0.3) is 10.8 Å². The van der Waals surface area contributed by atoms with Crippen molar-refractivity contribution in [3.05, 3.63) is 81.9 Å². The van der Waals surface area contributed by atoms with Crippen molar-refractivity contribution >= 4 is 34.0 Å². The largest absolute Gasteiger partial charge is 0.372 e. The number of nitrogens with zero attached hydrogens (tertiary/aromatic N) is 4. The predicted octanol–water partition coefficient (Wildman–Crippen LogP) is 3.41. The zero-order valence-electron chi connectivity index (χ0n) is 18.0. The molecule has 0 unspecified atom stereocenters. The van der Waals surface area contributed by atoms with Crippen LogP contribution in [0.5, 0.6) is 0 Å². The number of hydrogen-bond acceptors (Lipinski definition) is 5. The average Bonchev–Trinajstić information content (AvgIpc) is 2.82. The highest BCUT2D eigenvalue weighted by Crippen LogP contribution is 2.28. The lowest BCUT2D eigenvalue weighted by molar-refractivity contribution is -0.384. The highest BCUT2D eigenvalue weighted by atomic mass is 16.6. The Labute approximate surface area is 185 Å². The third kappa shape index (κ3) is 3.99. The molecule has 2 amide bonds. The second-order valence-corrected chi connectivity index (χ2v) is 7.97. The van der Waals surface area contributed by atoms with E-state index >= 15 is 0 Å². The lowest BCUT2D eigenvalue weighted by atomic mass is 10.0. The van der Waals surface area contributed by atoms with Crippen LogP contribution in [0, 0.1) is 10.1 Å². The molecule has 1 saturated heterocycles. The fraction of sp³-hybridized carbons (Fsp3) is 0.250. The zero-order chi connectivity index (χ0) is 22.8. The van der Waals surface area contributed by atoms with Gasteiger partial charge in [-0.15, -0.1) is 0 Å². The molecule has 0 aromatic heterocycles. The van der Waals surface area contributed by atoms with E-state index in [9.17, 15) is 19.7 Å². The zero-order valence-corrected chi connectivity index (χ0v) is 18.0. The van der Waals surface area contributed by atoms with Gasteiger partial charge in [0.15, 0.2) is 0 Å². The van der Waals surface area contributed by atoms with Gasteiger partial charge in [0.2, 0.25) is 0 Å². The van der Waals surface area contributed by atoms with Crippen LogP contribution in [0.3, 0.4) is 0 Å². The van der Waals surface area contributed by atoms with Gasteiger partial charge in [-0.25, -0.2) is 0 Å². The van der Waals surface area contributed by atoms with Crippen LogP contribution in [0.15, 0.2) is 60.7 Å². The van der Waals surface area contributed by atoms with Crippen molar-refractivity contribution in [2.24, 2.45) is 0 Å². The highest BCUT2D eigenvalue weighted by Gasteiger charge is 2.27. The van der Waals surface area contributed by atoms with E-state index in [0.717, 1.165) is 10.8 Å². The van der Waals surface area contributed by atoms with Crippen LogP contribution in [-0.2, 0) is 0 Å². The summed E-state index contributed by atoms with van der Waals surface area (Å²) in [5, 5.41) is 13.4. The van der Waals surface area contributed by atoms with Crippen molar-refractivity contribution < 1.29 is 14.5 Å². The minimum atomic E-state index is -0.479. The standard InChI is InChI=1S/C24H24N4O4/c1-25(2)21-11-10-18(16-22(21)28(31)32)23(29)26-12-14-27(15-13-26)24(30)20-9-5-7-17-6-3-4-8-19(17)20/h3-11,16H,12-15H2,1-2H3. The van der Waals surface area contributed by atoms with Gasteiger partial charge < -0.3 is 14.7 Å². The first-order valence-electron chi connectivity index (χ1n) is 10.4. The van der Waals surface area contributed by atoms with Gasteiger partial charge in [-0.1, -0.05) is 36.4 Å². The maximum Gasteiger partial charge on any atom is 0.293 e. The maximum absolute atomic E-state index is 13.1. The van der Waals surface area contributed by atoms with E-state index in [-0.39, 0.29) is 23.1 Å². The number of fused-ring (bicyclic) bond motifs is 1. The molecule has 3 aromatic rings. The second kappa shape index (κ2) is 8.66. The monoisotopic (exact) mass is 432 g/mol. The lowest BCUT2D eigenvalue weighted by Gasteiger charge is -2.35. The molecular weight excluding hydrogens is 408 g/mol. The molecule has 4 rings (SSSR count). The number of anilines is 1. The Bertz CT molecular complexity index is 1190. The highest BCUT2D eigenvalue weighted by molar-refractivity contribution is 6.07. The van der Waals surface area contributed by atoms with E-state index in [0.29, 0.717) is 37.4 Å². The number of carbonyl (C=O) groups excluding carboxylic acids is 2. The SMILES string of the molecule is CN(C)c1ccc(C(=O)N2CCN(C(=O)c3cccc4ccccc34)CC2)cc1[N+](=O)[O-]. The molecule has 0 aliphatic carbocycles. The fourth-order valence-corrected chi connectivity index (χ4v) is 4.06. The summed E-state index contributed by atoms with van der Waals surface area (Å²) in [6.07, 6.45) is 0. The van der Waals surface area contributed by atoms with Crippen molar-refractivity contribution in [2.45, 2.75) is 0 Å². The molecule has 32 heavy (non-hydrogen) atoms. The van der Waals surface area contributed by atoms with E-state index < -0.39 is 4.92 Å². The van der Waals surface area contributed by atoms with Crippen LogP contribution in [0.4, 0.5) is 11.4 Å². The van der Waals surface area contributed by atoms with Crippen LogP contribution in [-0.4, -0.2) is 66.8 Å². The van der Waals surface area contributed by atoms with E-state index in [1.165, 1.54) is 6.07 Å². The first kappa shape index (κ1) is 21.3. The van der Waals surface area contributed by atoms with Gasteiger partial charge in [-0.2, -0.15) is 0 Å². The predicted molar refractivity (Wildman–Crippen MR) is 123 cm³/mol. The Balaban J connectivity index is 1.48. The average molecular weight is 432 g/mol. The van der Waals surface area contributed by atoms with Crippen LogP contribution >= 0.6 is 0 Å². The second-order valence-electron chi connectivity index (χ2n) is 7.97. The molecule has 3 aromatic carbocycles. The van der Waals surface area contributed by atoms with Crippen LogP contribution in [0.2, 0.25) is 0 Å². The van der Waals surface area contributed by atoms with Gasteiger partial charge in [0.05, 0.1) is 4.92 Å². The van der Waals surface area contributed by atoms with E-state index in [1.807, 2.05) is 42.5 Å². The number of carbonyl (C=O) groups is 2. The Morgan fingerprint density at radius 3 is 2.16 bits per heavy atom. The number of piperazine rings is 1. The summed E-state index contributed by atoms with van der Waals surface area (Å²) < 4.78 is 0. The molecule has 1 aliphatic heterocycles. The van der Waals surface area contributed by atoms with Gasteiger partial charge in [-0.3, -0.25) is 19.7 Å². The lowest BCUT2D eigenvalue weighted by Crippen LogP contribution is -2.50. The maximum atomic E-state index is 13.1. The first-order chi connectivity index (χ1) is 15.4. The molecule has 0 radical (unpaired) electrons. The number of nitro groups is 1. The topological polar surface area (TPSA) is 87.0 Å². The molecule has 0 saturated carbocycles. The van der Waals surface area contributed by atoms with Crippen molar-refractivity contribution in [3.63, 3.8) is 0 Å². The normalized spacial score (nSPS) is 13.8. The van der Waals surface area contributed by atoms with E-state index in [1.54, 1.807) is 40.9 Å². The molecule has 1 heterocycles. The van der Waals surface area contributed by atoms with Gasteiger partial charge in [0.25, 0.3) is 17.5 Å². The van der Waals surface area contributed by atoms with Gasteiger partial charge >= 0.3 is 0 Å². The summed E-state index contributed by atoms with van der Waals surface area (Å²) in [5.74, 6) is -0.324. The number of benzene rings is 3. The van der Waals surface area contributed by atoms with E-state index in [4.69, 9.17) is 0 Å². The Morgan fingerprint density at radius 1 is 0.875 bits per heavy atom. The summed E-state index contributed by atoms with van der Waals surface area (Å²) in [6, 6.07) is 18.0. The van der Waals surface area contributed by atoms with Crippen molar-refractivity contribution in [1.82, 2.24) is 9.80 Å². The van der Waals surface area contributed by atoms with Crippen molar-refractivity contribution in [1.29, 1.82) is 0 Å². The Kier molecular flexibility index (Phi) is 5.77.